The van der Waals surface area contributed by atoms with Gasteiger partial charge in [-0.3, -0.25) is 19.8 Å². The van der Waals surface area contributed by atoms with Crippen LogP contribution in [0.15, 0.2) is 65.4 Å². The molecule has 6 heteroatoms. The van der Waals surface area contributed by atoms with Gasteiger partial charge in [0.05, 0.1) is 4.92 Å². The second-order valence-electron chi connectivity index (χ2n) is 5.39. The summed E-state index contributed by atoms with van der Waals surface area (Å²) in [4.78, 5) is 28.4. The number of aliphatic imine (C=N–C) groups is 1. The number of nitro groups is 1. The first-order valence-corrected chi connectivity index (χ1v) is 7.29. The number of nitrogens with zero attached hydrogens (tertiary/aromatic N) is 3. The lowest BCUT2D eigenvalue weighted by atomic mass is 10.0. The summed E-state index contributed by atoms with van der Waals surface area (Å²) in [6, 6.07) is 13.8. The van der Waals surface area contributed by atoms with Gasteiger partial charge in [-0.2, -0.15) is 4.99 Å². The SMILES string of the molecule is O=C1N=C2c3ccccc3C=CN2/C1=C/c1ccc([N+](=O)[O-])cc1. The van der Waals surface area contributed by atoms with Crippen molar-refractivity contribution in [1.29, 1.82) is 0 Å². The van der Waals surface area contributed by atoms with Crippen LogP contribution >= 0.6 is 0 Å². The Morgan fingerprint density at radius 1 is 1.08 bits per heavy atom. The molecule has 116 valence electrons. The van der Waals surface area contributed by atoms with Crippen LogP contribution in [0.25, 0.3) is 12.2 Å². The van der Waals surface area contributed by atoms with Gasteiger partial charge in [0, 0.05) is 23.9 Å². The van der Waals surface area contributed by atoms with E-state index in [2.05, 4.69) is 4.99 Å². The Bertz CT molecular complexity index is 956. The zero-order valence-corrected chi connectivity index (χ0v) is 12.4. The molecule has 0 aromatic heterocycles. The molecule has 2 aliphatic rings. The van der Waals surface area contributed by atoms with Crippen LogP contribution in [0.3, 0.4) is 0 Å². The van der Waals surface area contributed by atoms with Gasteiger partial charge >= 0.3 is 0 Å². The molecule has 2 aromatic rings. The fraction of sp³-hybridized carbons (Fsp3) is 0. The van der Waals surface area contributed by atoms with Gasteiger partial charge in [0.2, 0.25) is 0 Å². The first-order chi connectivity index (χ1) is 11.6. The van der Waals surface area contributed by atoms with Gasteiger partial charge in [-0.1, -0.05) is 24.3 Å². The van der Waals surface area contributed by atoms with Crippen LogP contribution in [-0.2, 0) is 4.79 Å². The summed E-state index contributed by atoms with van der Waals surface area (Å²) >= 11 is 0. The Kier molecular flexibility index (Phi) is 3.09. The Balaban J connectivity index is 1.72. The molecular formula is C18H11N3O3. The zero-order chi connectivity index (χ0) is 16.7. The number of non-ortho nitro benzene ring substituents is 1. The van der Waals surface area contributed by atoms with Crippen LogP contribution in [0, 0.1) is 10.1 Å². The number of rotatable bonds is 2. The number of hydrogen-bond acceptors (Lipinski definition) is 4. The molecule has 0 N–H and O–H groups in total. The number of fused-ring (bicyclic) bond motifs is 3. The van der Waals surface area contributed by atoms with E-state index < -0.39 is 4.92 Å². The van der Waals surface area contributed by atoms with E-state index in [1.54, 1.807) is 23.1 Å². The van der Waals surface area contributed by atoms with Gasteiger partial charge in [-0.25, -0.2) is 0 Å². The summed E-state index contributed by atoms with van der Waals surface area (Å²) in [5, 5.41) is 10.7. The maximum absolute atomic E-state index is 12.3. The Morgan fingerprint density at radius 3 is 2.58 bits per heavy atom. The highest BCUT2D eigenvalue weighted by atomic mass is 16.6. The Morgan fingerprint density at radius 2 is 1.83 bits per heavy atom. The van der Waals surface area contributed by atoms with E-state index in [1.807, 2.05) is 36.5 Å². The molecule has 0 fully saturated rings. The summed E-state index contributed by atoms with van der Waals surface area (Å²) in [6.45, 7) is 0. The molecule has 0 aliphatic carbocycles. The largest absolute Gasteiger partial charge is 0.296 e. The first-order valence-electron chi connectivity index (χ1n) is 7.29. The van der Waals surface area contributed by atoms with E-state index >= 15 is 0 Å². The monoisotopic (exact) mass is 317 g/mol. The lowest BCUT2D eigenvalue weighted by Gasteiger charge is -2.22. The van der Waals surface area contributed by atoms with Crippen LogP contribution in [0.2, 0.25) is 0 Å². The van der Waals surface area contributed by atoms with Crippen molar-refractivity contribution >= 4 is 29.6 Å². The predicted octanol–water partition coefficient (Wildman–Crippen LogP) is 3.21. The normalized spacial score (nSPS) is 16.8. The smallest absolute Gasteiger partial charge is 0.296 e. The van der Waals surface area contributed by atoms with Crippen molar-refractivity contribution in [2.24, 2.45) is 4.99 Å². The topological polar surface area (TPSA) is 75.8 Å². The van der Waals surface area contributed by atoms with E-state index in [-0.39, 0.29) is 11.6 Å². The van der Waals surface area contributed by atoms with Crippen LogP contribution in [0.1, 0.15) is 16.7 Å². The van der Waals surface area contributed by atoms with Crippen molar-refractivity contribution in [3.8, 4) is 0 Å². The molecule has 0 spiro atoms. The number of amidine groups is 1. The summed E-state index contributed by atoms with van der Waals surface area (Å²) < 4.78 is 0. The van der Waals surface area contributed by atoms with Crippen molar-refractivity contribution in [2.75, 3.05) is 0 Å². The van der Waals surface area contributed by atoms with Gasteiger partial charge in [-0.15, -0.1) is 0 Å². The number of nitro benzene ring substituents is 1. The summed E-state index contributed by atoms with van der Waals surface area (Å²) in [5.41, 5.74) is 3.05. The fourth-order valence-electron chi connectivity index (χ4n) is 2.75. The second-order valence-corrected chi connectivity index (χ2v) is 5.39. The molecule has 0 radical (unpaired) electrons. The fourth-order valence-corrected chi connectivity index (χ4v) is 2.75. The first kappa shape index (κ1) is 14.1. The molecule has 2 aromatic carbocycles. The summed E-state index contributed by atoms with van der Waals surface area (Å²) in [6.07, 6.45) is 5.42. The van der Waals surface area contributed by atoms with Crippen molar-refractivity contribution in [3.63, 3.8) is 0 Å². The Hall–Kier alpha value is -3.54. The van der Waals surface area contributed by atoms with Gasteiger partial charge in [0.1, 0.15) is 11.5 Å². The third-order valence-electron chi connectivity index (χ3n) is 3.93. The molecule has 0 bridgehead atoms. The minimum absolute atomic E-state index is 0.0126. The van der Waals surface area contributed by atoms with Crippen LogP contribution in [0.5, 0.6) is 0 Å². The molecule has 0 saturated heterocycles. The highest BCUT2D eigenvalue weighted by Gasteiger charge is 2.31. The van der Waals surface area contributed by atoms with E-state index in [9.17, 15) is 14.9 Å². The van der Waals surface area contributed by atoms with Crippen molar-refractivity contribution in [3.05, 3.63) is 87.2 Å². The molecular weight excluding hydrogens is 306 g/mol. The third kappa shape index (κ3) is 2.21. The van der Waals surface area contributed by atoms with E-state index in [4.69, 9.17) is 0 Å². The van der Waals surface area contributed by atoms with Gasteiger partial charge in [-0.05, 0) is 35.4 Å². The number of amides is 1. The maximum Gasteiger partial charge on any atom is 0.296 e. The van der Waals surface area contributed by atoms with Crippen LogP contribution in [0.4, 0.5) is 5.69 Å². The van der Waals surface area contributed by atoms with Gasteiger partial charge in [0.25, 0.3) is 11.6 Å². The third-order valence-corrected chi connectivity index (χ3v) is 3.93. The highest BCUT2D eigenvalue weighted by Crippen LogP contribution is 2.29. The van der Waals surface area contributed by atoms with E-state index in [0.717, 1.165) is 11.1 Å². The van der Waals surface area contributed by atoms with E-state index in [1.165, 1.54) is 12.1 Å². The standard InChI is InChI=1S/C18H11N3O3/c22-18-16(11-12-5-7-14(8-6-12)21(23)24)20-10-9-13-3-1-2-4-15(13)17(20)19-18/h1-11H/b16-11+. The average molecular weight is 317 g/mol. The molecule has 0 atom stereocenters. The number of benzene rings is 2. The average Bonchev–Trinajstić information content (AvgIpc) is 2.91. The number of carbonyl (C=O) groups is 1. The van der Waals surface area contributed by atoms with Crippen molar-refractivity contribution in [1.82, 2.24) is 4.90 Å². The molecule has 0 unspecified atom stereocenters. The second kappa shape index (κ2) is 5.27. The van der Waals surface area contributed by atoms with Crippen LogP contribution in [-0.4, -0.2) is 21.6 Å². The lowest BCUT2D eigenvalue weighted by Crippen LogP contribution is -2.24. The van der Waals surface area contributed by atoms with Crippen molar-refractivity contribution < 1.29 is 9.72 Å². The van der Waals surface area contributed by atoms with Crippen LogP contribution < -0.4 is 0 Å². The maximum atomic E-state index is 12.3. The van der Waals surface area contributed by atoms with Crippen molar-refractivity contribution in [2.45, 2.75) is 0 Å². The predicted molar refractivity (Wildman–Crippen MR) is 89.9 cm³/mol. The molecule has 2 aliphatic heterocycles. The minimum atomic E-state index is -0.455. The molecule has 4 rings (SSSR count). The van der Waals surface area contributed by atoms with Gasteiger partial charge in [0.15, 0.2) is 0 Å². The summed E-state index contributed by atoms with van der Waals surface area (Å²) in [7, 11) is 0. The molecule has 6 nitrogen and oxygen atoms in total. The summed E-state index contributed by atoms with van der Waals surface area (Å²) in [5.74, 6) is 0.274. The molecule has 24 heavy (non-hydrogen) atoms. The number of carbonyl (C=O) groups excluding carboxylic acids is 1. The zero-order valence-electron chi connectivity index (χ0n) is 12.4. The lowest BCUT2D eigenvalue weighted by molar-refractivity contribution is -0.384. The minimum Gasteiger partial charge on any atom is -0.296 e. The number of hydrogen-bond donors (Lipinski definition) is 0. The van der Waals surface area contributed by atoms with Gasteiger partial charge < -0.3 is 0 Å². The Labute approximate surface area is 137 Å². The molecule has 0 saturated carbocycles. The molecule has 2 heterocycles. The molecule has 1 amide bonds. The highest BCUT2D eigenvalue weighted by molar-refractivity contribution is 6.21. The quantitative estimate of drug-likeness (QED) is 0.484. The van der Waals surface area contributed by atoms with E-state index in [0.29, 0.717) is 17.1 Å².